The number of amides is 2. The Hall–Kier alpha value is -2.63. The van der Waals surface area contributed by atoms with E-state index in [4.69, 9.17) is 4.74 Å². The minimum atomic E-state index is -0.586. The molecule has 1 unspecified atom stereocenters. The van der Waals surface area contributed by atoms with Gasteiger partial charge < -0.3 is 14.5 Å². The molecule has 0 N–H and O–H groups in total. The smallest absolute Gasteiger partial charge is 0.263 e. The fourth-order valence-corrected chi connectivity index (χ4v) is 2.87. The number of para-hydroxylation sites is 1. The highest BCUT2D eigenvalue weighted by Crippen LogP contribution is 2.19. The van der Waals surface area contributed by atoms with Crippen molar-refractivity contribution >= 4 is 22.7 Å². The largest absolute Gasteiger partial charge is 0.479 e. The Morgan fingerprint density at radius 2 is 1.79 bits per heavy atom. The van der Waals surface area contributed by atoms with Crippen LogP contribution in [0.25, 0.3) is 10.9 Å². The molecular weight excluding hydrogens is 306 g/mol. The lowest BCUT2D eigenvalue weighted by atomic mass is 10.2. The molecule has 1 atom stereocenters. The van der Waals surface area contributed by atoms with Crippen LogP contribution in [-0.2, 0) is 9.59 Å². The Morgan fingerprint density at radius 3 is 2.50 bits per heavy atom. The van der Waals surface area contributed by atoms with E-state index in [1.165, 1.54) is 0 Å². The molecule has 1 aromatic carbocycles. The standard InChI is InChI=1S/C18H21N3O3/c1-13(18(23)21-9-7-20(8-10-21)14(2)22)24-16-11-15-5-3-4-6-17(15)19-12-16/h3-6,11-13H,7-10H2,1-2H3. The molecular formula is C18H21N3O3. The molecule has 0 radical (unpaired) electrons. The first kappa shape index (κ1) is 16.2. The van der Waals surface area contributed by atoms with Gasteiger partial charge in [-0.2, -0.15) is 0 Å². The summed E-state index contributed by atoms with van der Waals surface area (Å²) in [6.45, 7) is 5.53. The Kier molecular flexibility index (Phi) is 4.64. The van der Waals surface area contributed by atoms with E-state index in [2.05, 4.69) is 4.98 Å². The second-order valence-electron chi connectivity index (χ2n) is 5.96. The van der Waals surface area contributed by atoms with E-state index in [0.717, 1.165) is 10.9 Å². The van der Waals surface area contributed by atoms with Crippen LogP contribution < -0.4 is 4.74 Å². The number of benzene rings is 1. The zero-order valence-corrected chi connectivity index (χ0v) is 13.9. The lowest BCUT2D eigenvalue weighted by Crippen LogP contribution is -2.52. The summed E-state index contributed by atoms with van der Waals surface area (Å²) in [5, 5.41) is 0.977. The maximum Gasteiger partial charge on any atom is 0.263 e. The van der Waals surface area contributed by atoms with Gasteiger partial charge in [0.15, 0.2) is 6.10 Å². The predicted molar refractivity (Wildman–Crippen MR) is 90.7 cm³/mol. The molecule has 1 aliphatic heterocycles. The van der Waals surface area contributed by atoms with Crippen LogP contribution in [0.2, 0.25) is 0 Å². The number of piperazine rings is 1. The van der Waals surface area contributed by atoms with E-state index in [9.17, 15) is 9.59 Å². The normalized spacial score (nSPS) is 16.1. The van der Waals surface area contributed by atoms with Crippen molar-refractivity contribution < 1.29 is 14.3 Å². The third-order valence-corrected chi connectivity index (χ3v) is 4.26. The van der Waals surface area contributed by atoms with E-state index in [0.29, 0.717) is 31.9 Å². The van der Waals surface area contributed by atoms with Gasteiger partial charge in [-0.05, 0) is 19.1 Å². The van der Waals surface area contributed by atoms with Gasteiger partial charge >= 0.3 is 0 Å². The predicted octanol–water partition coefficient (Wildman–Crippen LogP) is 1.69. The minimum Gasteiger partial charge on any atom is -0.479 e. The molecule has 1 aliphatic rings. The van der Waals surface area contributed by atoms with Crippen LogP contribution in [0.1, 0.15) is 13.8 Å². The van der Waals surface area contributed by atoms with Crippen molar-refractivity contribution in [1.82, 2.24) is 14.8 Å². The van der Waals surface area contributed by atoms with Gasteiger partial charge in [0.2, 0.25) is 5.91 Å². The summed E-state index contributed by atoms with van der Waals surface area (Å²) >= 11 is 0. The van der Waals surface area contributed by atoms with Crippen molar-refractivity contribution in [2.24, 2.45) is 0 Å². The lowest BCUT2D eigenvalue weighted by Gasteiger charge is -2.35. The van der Waals surface area contributed by atoms with Gasteiger partial charge in [-0.3, -0.25) is 14.6 Å². The lowest BCUT2D eigenvalue weighted by molar-refractivity contribution is -0.143. The van der Waals surface area contributed by atoms with Gasteiger partial charge in [-0.1, -0.05) is 18.2 Å². The van der Waals surface area contributed by atoms with Gasteiger partial charge in [0.1, 0.15) is 5.75 Å². The molecule has 1 fully saturated rings. The van der Waals surface area contributed by atoms with E-state index in [1.807, 2.05) is 30.3 Å². The number of hydrogen-bond donors (Lipinski definition) is 0. The topological polar surface area (TPSA) is 62.7 Å². The van der Waals surface area contributed by atoms with Gasteiger partial charge in [0, 0.05) is 38.5 Å². The molecule has 1 saturated heterocycles. The average molecular weight is 327 g/mol. The summed E-state index contributed by atoms with van der Waals surface area (Å²) in [6.07, 6.45) is 1.05. The Bertz CT molecular complexity index is 754. The maximum atomic E-state index is 12.5. The number of ether oxygens (including phenoxy) is 1. The second-order valence-corrected chi connectivity index (χ2v) is 5.96. The first-order valence-electron chi connectivity index (χ1n) is 8.10. The third kappa shape index (κ3) is 3.48. The van der Waals surface area contributed by atoms with Crippen LogP contribution in [-0.4, -0.2) is 58.9 Å². The molecule has 2 heterocycles. The molecule has 0 saturated carbocycles. The van der Waals surface area contributed by atoms with Crippen molar-refractivity contribution in [3.05, 3.63) is 36.5 Å². The molecule has 0 bridgehead atoms. The Balaban J connectivity index is 1.62. The van der Waals surface area contributed by atoms with Crippen molar-refractivity contribution in [2.45, 2.75) is 20.0 Å². The van der Waals surface area contributed by atoms with Crippen LogP contribution in [0.15, 0.2) is 36.5 Å². The van der Waals surface area contributed by atoms with Crippen molar-refractivity contribution in [3.8, 4) is 5.75 Å². The van der Waals surface area contributed by atoms with E-state index < -0.39 is 6.10 Å². The monoisotopic (exact) mass is 327 g/mol. The number of carbonyl (C=O) groups is 2. The van der Waals surface area contributed by atoms with Gasteiger partial charge in [0.25, 0.3) is 5.91 Å². The van der Waals surface area contributed by atoms with E-state index in [1.54, 1.807) is 29.8 Å². The van der Waals surface area contributed by atoms with Crippen molar-refractivity contribution in [2.75, 3.05) is 26.2 Å². The second kappa shape index (κ2) is 6.86. The fourth-order valence-electron chi connectivity index (χ4n) is 2.87. The number of rotatable bonds is 3. The molecule has 2 amide bonds. The molecule has 0 spiro atoms. The molecule has 3 rings (SSSR count). The van der Waals surface area contributed by atoms with E-state index >= 15 is 0 Å². The summed E-state index contributed by atoms with van der Waals surface area (Å²) in [7, 11) is 0. The average Bonchev–Trinajstić information content (AvgIpc) is 2.61. The Labute approximate surface area is 141 Å². The SMILES string of the molecule is CC(=O)N1CCN(C(=O)C(C)Oc2cnc3ccccc3c2)CC1. The van der Waals surface area contributed by atoms with Gasteiger partial charge in [-0.15, -0.1) is 0 Å². The van der Waals surface area contributed by atoms with Crippen LogP contribution in [0.5, 0.6) is 5.75 Å². The summed E-state index contributed by atoms with van der Waals surface area (Å²) in [4.78, 5) is 31.7. The van der Waals surface area contributed by atoms with Crippen LogP contribution >= 0.6 is 0 Å². The fraction of sp³-hybridized carbons (Fsp3) is 0.389. The molecule has 126 valence electrons. The summed E-state index contributed by atoms with van der Waals surface area (Å²) in [6, 6.07) is 9.66. The maximum absolute atomic E-state index is 12.5. The number of fused-ring (bicyclic) bond motifs is 1. The van der Waals surface area contributed by atoms with Crippen LogP contribution in [0.3, 0.4) is 0 Å². The van der Waals surface area contributed by atoms with Gasteiger partial charge in [0.05, 0.1) is 11.7 Å². The summed E-state index contributed by atoms with van der Waals surface area (Å²) in [5.41, 5.74) is 0.893. The summed E-state index contributed by atoms with van der Waals surface area (Å²) in [5.74, 6) is 0.567. The molecule has 24 heavy (non-hydrogen) atoms. The van der Waals surface area contributed by atoms with Crippen LogP contribution in [0.4, 0.5) is 0 Å². The van der Waals surface area contributed by atoms with Crippen LogP contribution in [0, 0.1) is 0 Å². The first-order valence-corrected chi connectivity index (χ1v) is 8.10. The van der Waals surface area contributed by atoms with E-state index in [-0.39, 0.29) is 11.8 Å². The third-order valence-electron chi connectivity index (χ3n) is 4.26. The highest BCUT2D eigenvalue weighted by Gasteiger charge is 2.26. The van der Waals surface area contributed by atoms with Gasteiger partial charge in [-0.25, -0.2) is 0 Å². The Morgan fingerprint density at radius 1 is 1.12 bits per heavy atom. The number of pyridine rings is 1. The zero-order valence-electron chi connectivity index (χ0n) is 13.9. The molecule has 6 nitrogen and oxygen atoms in total. The molecule has 0 aliphatic carbocycles. The number of nitrogens with zero attached hydrogens (tertiary/aromatic N) is 3. The molecule has 6 heteroatoms. The highest BCUT2D eigenvalue weighted by atomic mass is 16.5. The minimum absolute atomic E-state index is 0.0497. The highest BCUT2D eigenvalue weighted by molar-refractivity contribution is 5.82. The number of aromatic nitrogens is 1. The number of carbonyl (C=O) groups excluding carboxylic acids is 2. The summed E-state index contributed by atoms with van der Waals surface area (Å²) < 4.78 is 5.78. The zero-order chi connectivity index (χ0) is 17.1. The van der Waals surface area contributed by atoms with Crippen molar-refractivity contribution in [1.29, 1.82) is 0 Å². The molecule has 2 aromatic rings. The first-order chi connectivity index (χ1) is 11.5. The molecule has 1 aromatic heterocycles. The van der Waals surface area contributed by atoms with Crippen molar-refractivity contribution in [3.63, 3.8) is 0 Å². The number of hydrogen-bond acceptors (Lipinski definition) is 4. The quantitative estimate of drug-likeness (QED) is 0.861.